The number of carbonyl (C=O) groups excluding carboxylic acids is 2. The van der Waals surface area contributed by atoms with Gasteiger partial charge >= 0.3 is 0 Å². The summed E-state index contributed by atoms with van der Waals surface area (Å²) in [4.78, 5) is 28.0. The summed E-state index contributed by atoms with van der Waals surface area (Å²) in [6.07, 6.45) is 0.700. The Balaban J connectivity index is 1.99. The number of amides is 2. The number of nitrogens with one attached hydrogen (secondary N) is 1. The second-order valence-electron chi connectivity index (χ2n) is 8.94. The molecule has 38 heavy (non-hydrogen) atoms. The van der Waals surface area contributed by atoms with Crippen LogP contribution in [0.4, 0.5) is 10.1 Å². The van der Waals surface area contributed by atoms with E-state index in [4.69, 9.17) is 11.6 Å². The lowest BCUT2D eigenvalue weighted by molar-refractivity contribution is -0.139. The summed E-state index contributed by atoms with van der Waals surface area (Å²) in [5.74, 6) is -1.40. The van der Waals surface area contributed by atoms with Crippen molar-refractivity contribution in [2.24, 2.45) is 0 Å². The second-order valence-corrected chi connectivity index (χ2v) is 11.2. The van der Waals surface area contributed by atoms with Gasteiger partial charge in [0, 0.05) is 17.6 Å². The lowest BCUT2D eigenvalue weighted by atomic mass is 10.1. The van der Waals surface area contributed by atoms with Gasteiger partial charge in [-0.15, -0.1) is 0 Å². The van der Waals surface area contributed by atoms with Crippen LogP contribution in [-0.4, -0.2) is 43.8 Å². The van der Waals surface area contributed by atoms with Gasteiger partial charge < -0.3 is 10.2 Å². The van der Waals surface area contributed by atoms with Crippen molar-refractivity contribution < 1.29 is 22.4 Å². The van der Waals surface area contributed by atoms with Gasteiger partial charge in [0.2, 0.25) is 11.8 Å². The summed E-state index contributed by atoms with van der Waals surface area (Å²) in [6.45, 7) is 4.79. The summed E-state index contributed by atoms with van der Waals surface area (Å²) in [6, 6.07) is 18.5. The summed E-state index contributed by atoms with van der Waals surface area (Å²) in [7, 11) is -4.17. The highest BCUT2D eigenvalue weighted by Gasteiger charge is 2.32. The van der Waals surface area contributed by atoms with Gasteiger partial charge in [0.1, 0.15) is 18.4 Å². The first-order chi connectivity index (χ1) is 18.0. The van der Waals surface area contributed by atoms with E-state index in [1.165, 1.54) is 53.4 Å². The summed E-state index contributed by atoms with van der Waals surface area (Å²) in [5.41, 5.74) is 0.879. The number of anilines is 1. The van der Waals surface area contributed by atoms with Gasteiger partial charge in [-0.25, -0.2) is 12.8 Å². The Labute approximate surface area is 228 Å². The van der Waals surface area contributed by atoms with Gasteiger partial charge in [0.05, 0.1) is 10.6 Å². The Kier molecular flexibility index (Phi) is 9.88. The quantitative estimate of drug-likeness (QED) is 0.358. The smallest absolute Gasteiger partial charge is 0.264 e. The normalized spacial score (nSPS) is 12.9. The zero-order chi connectivity index (χ0) is 27.9. The van der Waals surface area contributed by atoms with Gasteiger partial charge in [-0.2, -0.15) is 0 Å². The van der Waals surface area contributed by atoms with Crippen LogP contribution in [0.5, 0.6) is 0 Å². The molecule has 10 heteroatoms. The Bertz CT molecular complexity index is 1340. The molecule has 7 nitrogen and oxygen atoms in total. The lowest BCUT2D eigenvalue weighted by Crippen LogP contribution is -2.52. The molecule has 3 rings (SSSR count). The number of benzene rings is 3. The molecule has 2 atom stereocenters. The molecule has 0 heterocycles. The Morgan fingerprint density at radius 3 is 2.13 bits per heavy atom. The number of hydrogen-bond acceptors (Lipinski definition) is 4. The van der Waals surface area contributed by atoms with Crippen molar-refractivity contribution in [2.75, 3.05) is 10.8 Å². The van der Waals surface area contributed by atoms with Crippen LogP contribution < -0.4 is 9.62 Å². The van der Waals surface area contributed by atoms with Crippen molar-refractivity contribution in [1.82, 2.24) is 10.2 Å². The van der Waals surface area contributed by atoms with Crippen LogP contribution in [0.25, 0.3) is 0 Å². The zero-order valence-corrected chi connectivity index (χ0v) is 23.0. The molecule has 202 valence electrons. The fourth-order valence-electron chi connectivity index (χ4n) is 3.69. The van der Waals surface area contributed by atoms with Crippen molar-refractivity contribution in [3.05, 3.63) is 95.3 Å². The van der Waals surface area contributed by atoms with Gasteiger partial charge in [-0.05, 0) is 74.4 Å². The summed E-state index contributed by atoms with van der Waals surface area (Å²) < 4.78 is 41.9. The first-order valence-electron chi connectivity index (χ1n) is 12.2. The van der Waals surface area contributed by atoms with Gasteiger partial charge in [0.15, 0.2) is 0 Å². The van der Waals surface area contributed by atoms with Crippen molar-refractivity contribution in [3.63, 3.8) is 0 Å². The van der Waals surface area contributed by atoms with Gasteiger partial charge in [-0.3, -0.25) is 13.9 Å². The van der Waals surface area contributed by atoms with E-state index in [9.17, 15) is 22.4 Å². The summed E-state index contributed by atoms with van der Waals surface area (Å²) >= 11 is 5.95. The Hall–Kier alpha value is -3.43. The maximum absolute atomic E-state index is 13.8. The molecule has 0 saturated carbocycles. The van der Waals surface area contributed by atoms with E-state index in [1.54, 1.807) is 37.3 Å². The highest BCUT2D eigenvalue weighted by atomic mass is 35.5. The van der Waals surface area contributed by atoms with E-state index >= 15 is 0 Å². The molecule has 0 aliphatic carbocycles. The van der Waals surface area contributed by atoms with Gasteiger partial charge in [0.25, 0.3) is 10.0 Å². The predicted molar refractivity (Wildman–Crippen MR) is 147 cm³/mol. The molecule has 0 saturated heterocycles. The number of para-hydroxylation sites is 1. The molecule has 0 spiro atoms. The highest BCUT2D eigenvalue weighted by molar-refractivity contribution is 7.92. The molecule has 2 amide bonds. The van der Waals surface area contributed by atoms with Crippen LogP contribution in [0.3, 0.4) is 0 Å². The number of halogens is 2. The molecule has 0 unspecified atom stereocenters. The molecule has 3 aromatic rings. The van der Waals surface area contributed by atoms with Crippen LogP contribution in [0.1, 0.15) is 32.8 Å². The van der Waals surface area contributed by atoms with Crippen LogP contribution in [-0.2, 0) is 26.2 Å². The number of rotatable bonds is 11. The Morgan fingerprint density at radius 2 is 1.55 bits per heavy atom. The molecule has 0 bridgehead atoms. The van der Waals surface area contributed by atoms with Crippen molar-refractivity contribution in [3.8, 4) is 0 Å². The maximum Gasteiger partial charge on any atom is 0.264 e. The first-order valence-corrected chi connectivity index (χ1v) is 14.0. The van der Waals surface area contributed by atoms with Crippen molar-refractivity contribution in [1.29, 1.82) is 0 Å². The van der Waals surface area contributed by atoms with Crippen molar-refractivity contribution in [2.45, 2.75) is 50.7 Å². The topological polar surface area (TPSA) is 86.8 Å². The molecular formula is C28H31ClFN3O4S. The number of hydrogen-bond donors (Lipinski definition) is 1. The average molecular weight is 560 g/mol. The monoisotopic (exact) mass is 559 g/mol. The first kappa shape index (κ1) is 29.1. The third-order valence-corrected chi connectivity index (χ3v) is 8.20. The number of carbonyl (C=O) groups is 2. The highest BCUT2D eigenvalue weighted by Crippen LogP contribution is 2.25. The fourth-order valence-corrected chi connectivity index (χ4v) is 5.23. The van der Waals surface area contributed by atoms with E-state index < -0.39 is 34.3 Å². The van der Waals surface area contributed by atoms with Crippen molar-refractivity contribution >= 4 is 39.1 Å². The van der Waals surface area contributed by atoms with E-state index in [-0.39, 0.29) is 29.1 Å². The minimum Gasteiger partial charge on any atom is -0.352 e. The predicted octanol–water partition coefficient (Wildman–Crippen LogP) is 5.01. The Morgan fingerprint density at radius 1 is 0.947 bits per heavy atom. The second kappa shape index (κ2) is 12.9. The molecular weight excluding hydrogens is 529 g/mol. The van der Waals surface area contributed by atoms with Crippen LogP contribution in [0, 0.1) is 5.82 Å². The van der Waals surface area contributed by atoms with E-state index in [2.05, 4.69) is 5.32 Å². The fraction of sp³-hybridized carbons (Fsp3) is 0.286. The lowest BCUT2D eigenvalue weighted by Gasteiger charge is -2.32. The third-order valence-electron chi connectivity index (χ3n) is 6.16. The molecule has 3 aromatic carbocycles. The number of nitrogens with zero attached hydrogens (tertiary/aromatic N) is 2. The zero-order valence-electron chi connectivity index (χ0n) is 21.5. The maximum atomic E-state index is 13.8. The van der Waals surface area contributed by atoms with Gasteiger partial charge in [-0.1, -0.05) is 48.9 Å². The largest absolute Gasteiger partial charge is 0.352 e. The molecule has 0 aliphatic heterocycles. The standard InChI is InChI=1S/C28H31ClFN3O4S/c1-4-20(2)31-28(35)21(3)32(18-22-10-14-24(30)15-11-22)27(34)19-33(25-8-6-5-7-9-25)38(36,37)26-16-12-23(29)13-17-26/h5-17,20-21H,4,18-19H2,1-3H3,(H,31,35)/t20-,21-/m1/s1. The molecule has 0 aliphatic rings. The van der Waals surface area contributed by atoms with Crippen LogP contribution in [0.2, 0.25) is 5.02 Å². The SMILES string of the molecule is CC[C@@H](C)NC(=O)[C@@H](C)N(Cc1ccc(F)cc1)C(=O)CN(c1ccccc1)S(=O)(=O)c1ccc(Cl)cc1. The van der Waals surface area contributed by atoms with Crippen LogP contribution >= 0.6 is 11.6 Å². The molecule has 0 aromatic heterocycles. The van der Waals surface area contributed by atoms with Crippen LogP contribution in [0.15, 0.2) is 83.8 Å². The van der Waals surface area contributed by atoms with E-state index in [1.807, 2.05) is 13.8 Å². The van der Waals surface area contributed by atoms with E-state index in [0.29, 0.717) is 17.0 Å². The van der Waals surface area contributed by atoms with E-state index in [0.717, 1.165) is 4.31 Å². The minimum absolute atomic E-state index is 0.0160. The molecule has 0 fully saturated rings. The third kappa shape index (κ3) is 7.33. The molecule has 1 N–H and O–H groups in total. The average Bonchev–Trinajstić information content (AvgIpc) is 2.91. The number of sulfonamides is 1. The minimum atomic E-state index is -4.17. The summed E-state index contributed by atoms with van der Waals surface area (Å²) in [5, 5.41) is 3.24. The molecule has 0 radical (unpaired) electrons.